The molecule has 0 aromatic carbocycles. The van der Waals surface area contributed by atoms with E-state index < -0.39 is 9.92 Å². The molecule has 0 aliphatic rings. The maximum absolute atomic E-state index is 11.4. The highest BCUT2D eigenvalue weighted by Crippen LogP contribution is 2.16. The zero-order chi connectivity index (χ0) is 5.15. The Kier molecular flexibility index (Phi) is 3.56. The van der Waals surface area contributed by atoms with Crippen LogP contribution >= 0.6 is 39.1 Å². The van der Waals surface area contributed by atoms with Crippen LogP contribution in [-0.4, -0.2) is 9.92 Å². The summed E-state index contributed by atoms with van der Waals surface area (Å²) >= 11 is 12.5. The maximum atomic E-state index is 11.4. The molecule has 0 N–H and O–H groups in total. The van der Waals surface area contributed by atoms with Gasteiger partial charge in [0.15, 0.2) is 5.63 Å². The van der Waals surface area contributed by atoms with Gasteiger partial charge in [0.1, 0.15) is 4.29 Å². The first-order valence-electron chi connectivity index (χ1n) is 1.21. The van der Waals surface area contributed by atoms with Crippen LogP contribution in [0.25, 0.3) is 0 Å². The van der Waals surface area contributed by atoms with Gasteiger partial charge in [-0.25, -0.2) is 4.39 Å². The quantitative estimate of drug-likeness (QED) is 0.569. The van der Waals surface area contributed by atoms with Crippen molar-refractivity contribution < 1.29 is 4.39 Å². The molecule has 0 bridgehead atoms. The van der Waals surface area contributed by atoms with Crippen molar-refractivity contribution in [3.8, 4) is 0 Å². The van der Waals surface area contributed by atoms with Crippen molar-refractivity contribution in [1.82, 2.24) is 0 Å². The van der Waals surface area contributed by atoms with Crippen LogP contribution in [0, 0.1) is 0 Å². The van der Waals surface area contributed by atoms with E-state index in [-0.39, 0.29) is 0 Å². The Morgan fingerprint density at radius 3 is 1.67 bits per heavy atom. The van der Waals surface area contributed by atoms with Crippen LogP contribution in [0.5, 0.6) is 0 Å². The maximum Gasteiger partial charge on any atom is 0.199 e. The monoisotopic (exact) mass is 198 g/mol. The molecule has 0 saturated carbocycles. The number of halogens is 4. The minimum Gasteiger partial charge on any atom is -0.227 e. The fourth-order valence-corrected chi connectivity index (χ4v) is 0. The van der Waals surface area contributed by atoms with E-state index in [2.05, 4.69) is 15.9 Å². The van der Waals surface area contributed by atoms with Crippen LogP contribution in [0.4, 0.5) is 4.39 Å². The Morgan fingerprint density at radius 1 is 1.50 bits per heavy atom. The topological polar surface area (TPSA) is 0 Å². The summed E-state index contributed by atoms with van der Waals surface area (Å²) in [6, 6.07) is 0. The van der Waals surface area contributed by atoms with Gasteiger partial charge in [0.25, 0.3) is 0 Å². The summed E-state index contributed by atoms with van der Waals surface area (Å²) in [4.78, 5) is 0. The average molecular weight is 199 g/mol. The molecule has 0 radical (unpaired) electrons. The summed E-state index contributed by atoms with van der Waals surface area (Å²) in [6.07, 6.45) is 0. The van der Waals surface area contributed by atoms with E-state index in [1.807, 2.05) is 0 Å². The fraction of sp³-hybridized carbons (Fsp3) is 1.00. The Morgan fingerprint density at radius 2 is 1.67 bits per heavy atom. The van der Waals surface area contributed by atoms with Crippen molar-refractivity contribution in [2.45, 2.75) is 9.92 Å². The SMILES string of the molecule is FC([37Cl])C([37Cl])Br. The highest BCUT2D eigenvalue weighted by Gasteiger charge is 2.08. The molecule has 0 aliphatic carbocycles. The van der Waals surface area contributed by atoms with Crippen molar-refractivity contribution >= 4 is 39.1 Å². The second-order valence-electron chi connectivity index (χ2n) is 0.669. The highest BCUT2D eigenvalue weighted by atomic mass is 79.9. The Balaban J connectivity index is 2.99. The Labute approximate surface area is 53.7 Å². The number of alkyl halides is 4. The summed E-state index contributed by atoms with van der Waals surface area (Å²) in [5.74, 6) is 0. The van der Waals surface area contributed by atoms with E-state index in [0.717, 1.165) is 0 Å². The summed E-state index contributed by atoms with van der Waals surface area (Å²) in [6.45, 7) is 0. The van der Waals surface area contributed by atoms with Crippen LogP contribution in [0.15, 0.2) is 0 Å². The summed E-state index contributed by atoms with van der Waals surface area (Å²) in [7, 11) is 0. The van der Waals surface area contributed by atoms with Crippen molar-refractivity contribution in [2.75, 3.05) is 0 Å². The molecule has 38 valence electrons. The van der Waals surface area contributed by atoms with E-state index in [9.17, 15) is 4.39 Å². The third-order valence-electron chi connectivity index (χ3n) is 0.190. The number of hydrogen-bond acceptors (Lipinski definition) is 0. The predicted octanol–water partition coefficient (Wildman–Crippen LogP) is 2.48. The van der Waals surface area contributed by atoms with Gasteiger partial charge >= 0.3 is 0 Å². The number of rotatable bonds is 1. The van der Waals surface area contributed by atoms with E-state index in [1.54, 1.807) is 0 Å². The Hall–Kier alpha value is 0.990. The number of hydrogen-bond donors (Lipinski definition) is 0. The highest BCUT2D eigenvalue weighted by molar-refractivity contribution is 9.10. The molecule has 0 aromatic heterocycles. The van der Waals surface area contributed by atoms with Crippen LogP contribution in [-0.2, 0) is 0 Å². The summed E-state index contributed by atoms with van der Waals surface area (Å²) in [5, 5.41) is 0. The third-order valence-corrected chi connectivity index (χ3v) is 1.56. The normalized spacial score (nSPS) is 20.0. The second kappa shape index (κ2) is 3.05. The van der Waals surface area contributed by atoms with Crippen molar-refractivity contribution in [1.29, 1.82) is 0 Å². The molecule has 0 nitrogen and oxygen atoms in total. The molecule has 2 atom stereocenters. The van der Waals surface area contributed by atoms with Gasteiger partial charge in [-0.3, -0.25) is 0 Å². The van der Waals surface area contributed by atoms with E-state index in [0.29, 0.717) is 0 Å². The first kappa shape index (κ1) is 6.99. The molecule has 0 heterocycles. The van der Waals surface area contributed by atoms with E-state index >= 15 is 0 Å². The molecule has 6 heavy (non-hydrogen) atoms. The minimum atomic E-state index is -1.49. The van der Waals surface area contributed by atoms with Gasteiger partial charge in [-0.05, 0) is 0 Å². The van der Waals surface area contributed by atoms with Crippen LogP contribution in [0.3, 0.4) is 0 Å². The molecule has 0 saturated heterocycles. The molecular formula is C2H2BrCl2F. The lowest BCUT2D eigenvalue weighted by atomic mass is 10.9. The van der Waals surface area contributed by atoms with Crippen LogP contribution in [0.1, 0.15) is 0 Å². The first-order valence-corrected chi connectivity index (χ1v) is 2.99. The first-order chi connectivity index (χ1) is 2.64. The van der Waals surface area contributed by atoms with Gasteiger partial charge in [-0.15, -0.1) is 11.6 Å². The lowest BCUT2D eigenvalue weighted by Crippen LogP contribution is -1.97. The van der Waals surface area contributed by atoms with Gasteiger partial charge in [-0.2, -0.15) is 0 Å². The zero-order valence-electron chi connectivity index (χ0n) is 2.67. The van der Waals surface area contributed by atoms with Gasteiger partial charge in [0, 0.05) is 0 Å². The molecule has 2 unspecified atom stereocenters. The van der Waals surface area contributed by atoms with Gasteiger partial charge in [0.05, 0.1) is 0 Å². The molecule has 0 fully saturated rings. The van der Waals surface area contributed by atoms with Crippen molar-refractivity contribution in [2.24, 2.45) is 0 Å². The lowest BCUT2D eigenvalue weighted by Gasteiger charge is -1.94. The molecule has 0 spiro atoms. The third kappa shape index (κ3) is 3.19. The molecular weight excluding hydrogens is 197 g/mol. The molecule has 0 aliphatic heterocycles. The van der Waals surface area contributed by atoms with Gasteiger partial charge < -0.3 is 0 Å². The van der Waals surface area contributed by atoms with E-state index in [1.165, 1.54) is 0 Å². The molecule has 0 amide bonds. The largest absolute Gasteiger partial charge is 0.227 e. The van der Waals surface area contributed by atoms with Crippen molar-refractivity contribution in [3.63, 3.8) is 0 Å². The smallest absolute Gasteiger partial charge is 0.199 e. The summed E-state index contributed by atoms with van der Waals surface area (Å²) in [5.41, 5.74) is -1.49. The second-order valence-corrected chi connectivity index (χ2v) is 3.07. The molecule has 0 rings (SSSR count). The predicted molar refractivity (Wildman–Crippen MR) is 29.3 cm³/mol. The van der Waals surface area contributed by atoms with Crippen LogP contribution < -0.4 is 0 Å². The van der Waals surface area contributed by atoms with Crippen LogP contribution in [0.2, 0.25) is 0 Å². The molecule has 0 aromatic rings. The van der Waals surface area contributed by atoms with E-state index in [4.69, 9.17) is 23.2 Å². The Bertz CT molecular complexity index is 32.5. The minimum absolute atomic E-state index is 0.765. The lowest BCUT2D eigenvalue weighted by molar-refractivity contribution is 0.470. The fourth-order valence-electron chi connectivity index (χ4n) is 0. The van der Waals surface area contributed by atoms with Crippen molar-refractivity contribution in [3.05, 3.63) is 0 Å². The van der Waals surface area contributed by atoms with Gasteiger partial charge in [-0.1, -0.05) is 27.5 Å². The standard InChI is InChI=1S/C2H2BrCl2F/c3-1(4)2(5)6/h1-2H/i4+2,5+2. The summed E-state index contributed by atoms with van der Waals surface area (Å²) < 4.78 is 10.6. The average Bonchev–Trinajstić information content (AvgIpc) is 1.36. The van der Waals surface area contributed by atoms with Gasteiger partial charge in [0.2, 0.25) is 0 Å². The molecule has 4 heteroatoms. The zero-order valence-corrected chi connectivity index (χ0v) is 5.76.